The molecule has 1 spiro atoms. The Bertz CT molecular complexity index is 2660. The lowest BCUT2D eigenvalue weighted by Crippen LogP contribution is -2.53. The van der Waals surface area contributed by atoms with Gasteiger partial charge in [0, 0.05) is 44.9 Å². The Morgan fingerprint density at radius 1 is 0.891 bits per heavy atom. The maximum atomic E-state index is 13.2. The number of aromatic nitrogens is 3. The van der Waals surface area contributed by atoms with Gasteiger partial charge in [0.1, 0.15) is 29.4 Å². The first-order valence-electron chi connectivity index (χ1n) is 22.4. The number of benzene rings is 4. The highest BCUT2D eigenvalue weighted by Gasteiger charge is 2.54. The predicted octanol–water partition coefficient (Wildman–Crippen LogP) is 12.6. The summed E-state index contributed by atoms with van der Waals surface area (Å²) in [4.78, 5) is 27.2. The Hall–Kier alpha value is -5.64. The minimum atomic E-state index is -1.13. The minimum absolute atomic E-state index is 0.246. The number of aryl methyl sites for hydroxylation is 1. The van der Waals surface area contributed by atoms with Gasteiger partial charge < -0.3 is 24.6 Å². The molecule has 9 nitrogen and oxygen atoms in total. The van der Waals surface area contributed by atoms with E-state index in [9.17, 15) is 9.90 Å². The number of nitrogens with one attached hydrogen (secondary N) is 1. The zero-order valence-corrected chi connectivity index (χ0v) is 38.1. The van der Waals surface area contributed by atoms with Crippen LogP contribution in [0.25, 0.3) is 22.5 Å². The van der Waals surface area contributed by atoms with Gasteiger partial charge in [-0.1, -0.05) is 67.4 Å². The van der Waals surface area contributed by atoms with Gasteiger partial charge in [0.25, 0.3) is 0 Å². The summed E-state index contributed by atoms with van der Waals surface area (Å²) in [6, 6.07) is 31.3. The molecule has 2 aromatic heterocycles. The smallest absolute Gasteiger partial charge is 0.329 e. The first kappa shape index (κ1) is 43.6. The molecular formula is C53H54Cl2N4O5. The van der Waals surface area contributed by atoms with Crippen molar-refractivity contribution in [3.63, 3.8) is 0 Å². The molecular weight excluding hydrogens is 844 g/mol. The maximum absolute atomic E-state index is 13.2. The largest absolute Gasteiger partial charge is 0.496 e. The van der Waals surface area contributed by atoms with Crippen LogP contribution in [-0.4, -0.2) is 45.3 Å². The fraction of sp³-hybridized carbons (Fsp3) is 0.358. The average Bonchev–Trinajstić information content (AvgIpc) is 3.58. The van der Waals surface area contributed by atoms with Crippen LogP contribution in [0.4, 0.5) is 5.69 Å². The van der Waals surface area contributed by atoms with Crippen LogP contribution in [-0.2, 0) is 29.7 Å². The Labute approximate surface area is 385 Å². The second-order valence-corrected chi connectivity index (χ2v) is 18.9. The molecule has 0 saturated heterocycles. The highest BCUT2D eigenvalue weighted by molar-refractivity contribution is 6.33. The summed E-state index contributed by atoms with van der Waals surface area (Å²) in [6.07, 6.45) is 11.0. The van der Waals surface area contributed by atoms with Crippen molar-refractivity contribution in [2.24, 2.45) is 11.8 Å². The number of hydrogen-bond donors (Lipinski definition) is 2. The van der Waals surface area contributed by atoms with E-state index in [1.165, 1.54) is 22.4 Å². The summed E-state index contributed by atoms with van der Waals surface area (Å²) >= 11 is 13.6. The maximum Gasteiger partial charge on any atom is 0.329 e. The molecule has 0 aliphatic heterocycles. The monoisotopic (exact) mass is 896 g/mol. The standard InChI is InChI=1S/C53H54Cl2N4O5/c1-33(31-64-48-18-24-56-46-15-6-9-34(2)49(46)48)25-37-26-36-28-45(55)43(30-44(36)52(37)19-21-53(22-20-52,51(60)61)59-39-12-8-11-38(54)29-39)35-10-7-13-41(27-35)63-32-40-17-23-57-50(58-40)42-14-4-5-16-47(42)62-3/h4-5,7-8,10-14,16-18,23-24,27-30,33-34,37,59H,6,9,15,19-22,25-26,31-32H2,1-3H3,(H,60,61)/t33-,34-,37+,52?,53?/m1/s1. The van der Waals surface area contributed by atoms with E-state index >= 15 is 0 Å². The van der Waals surface area contributed by atoms with E-state index in [0.29, 0.717) is 71.3 Å². The van der Waals surface area contributed by atoms with Gasteiger partial charge in [0.05, 0.1) is 25.0 Å². The van der Waals surface area contributed by atoms with Crippen molar-refractivity contribution in [1.29, 1.82) is 0 Å². The summed E-state index contributed by atoms with van der Waals surface area (Å²) in [7, 11) is 1.64. The molecule has 0 bridgehead atoms. The third-order valence-electron chi connectivity index (χ3n) is 14.0. The third-order valence-corrected chi connectivity index (χ3v) is 14.5. The molecule has 1 saturated carbocycles. The first-order chi connectivity index (χ1) is 31.0. The summed E-state index contributed by atoms with van der Waals surface area (Å²) in [5, 5.41) is 15.5. The number of pyridine rings is 1. The Morgan fingerprint density at radius 2 is 1.70 bits per heavy atom. The summed E-state index contributed by atoms with van der Waals surface area (Å²) in [5.41, 5.74) is 7.65. The number of anilines is 1. The number of nitrogens with zero attached hydrogens (tertiary/aromatic N) is 3. The van der Waals surface area contributed by atoms with Crippen LogP contribution in [0.2, 0.25) is 10.0 Å². The molecule has 2 N–H and O–H groups in total. The lowest BCUT2D eigenvalue weighted by Gasteiger charge is -2.47. The molecule has 1 fully saturated rings. The van der Waals surface area contributed by atoms with Crippen LogP contribution < -0.4 is 19.5 Å². The first-order valence-corrected chi connectivity index (χ1v) is 23.2. The van der Waals surface area contributed by atoms with Crippen molar-refractivity contribution in [3.05, 3.63) is 148 Å². The van der Waals surface area contributed by atoms with Gasteiger partial charge in [0.15, 0.2) is 5.82 Å². The molecule has 9 rings (SSSR count). The fourth-order valence-electron chi connectivity index (χ4n) is 10.7. The molecule has 3 aliphatic rings. The van der Waals surface area contributed by atoms with E-state index in [-0.39, 0.29) is 23.9 Å². The molecule has 4 aromatic carbocycles. The molecule has 0 amide bonds. The van der Waals surface area contributed by atoms with Crippen LogP contribution in [0.15, 0.2) is 109 Å². The number of ether oxygens (including phenoxy) is 3. The van der Waals surface area contributed by atoms with Gasteiger partial charge in [-0.3, -0.25) is 4.98 Å². The summed E-state index contributed by atoms with van der Waals surface area (Å²) < 4.78 is 18.5. The van der Waals surface area contributed by atoms with E-state index in [1.54, 1.807) is 25.4 Å². The van der Waals surface area contributed by atoms with Crippen molar-refractivity contribution < 1.29 is 24.1 Å². The number of methoxy groups -OCH3 is 1. The quantitative estimate of drug-likeness (QED) is 0.110. The topological polar surface area (TPSA) is 116 Å². The van der Waals surface area contributed by atoms with E-state index in [2.05, 4.69) is 42.3 Å². The summed E-state index contributed by atoms with van der Waals surface area (Å²) in [5.74, 6) is 3.01. The highest BCUT2D eigenvalue weighted by Crippen LogP contribution is 2.57. The fourth-order valence-corrected chi connectivity index (χ4v) is 11.2. The number of aliphatic carboxylic acids is 1. The van der Waals surface area contributed by atoms with Crippen LogP contribution in [0.5, 0.6) is 17.2 Å². The molecule has 330 valence electrons. The number of carboxylic acids is 1. The van der Waals surface area contributed by atoms with Crippen molar-refractivity contribution in [2.75, 3.05) is 19.0 Å². The molecule has 3 aliphatic carbocycles. The number of carboxylic acid groups (broad SMARTS) is 1. The molecule has 2 heterocycles. The minimum Gasteiger partial charge on any atom is -0.496 e. The Kier molecular flexibility index (Phi) is 12.6. The van der Waals surface area contributed by atoms with E-state index in [0.717, 1.165) is 60.2 Å². The van der Waals surface area contributed by atoms with Gasteiger partial charge in [0.2, 0.25) is 0 Å². The second kappa shape index (κ2) is 18.5. The van der Waals surface area contributed by atoms with Gasteiger partial charge in [-0.15, -0.1) is 0 Å². The molecule has 6 aromatic rings. The average molecular weight is 898 g/mol. The molecule has 3 atom stereocenters. The van der Waals surface area contributed by atoms with Crippen molar-refractivity contribution in [1.82, 2.24) is 15.0 Å². The highest BCUT2D eigenvalue weighted by atomic mass is 35.5. The number of para-hydroxylation sites is 1. The van der Waals surface area contributed by atoms with Crippen molar-refractivity contribution in [2.45, 2.75) is 95.1 Å². The molecule has 64 heavy (non-hydrogen) atoms. The SMILES string of the molecule is COc1ccccc1-c1nccc(COc2cccc(-c3cc4c(cc3Cl)C[C@H](C[C@@H](C)COc3ccnc5c3[C@H](C)CCC5)C43CCC(Nc4cccc(Cl)c4)(C(=O)O)CC3)c2)n1. The van der Waals surface area contributed by atoms with E-state index in [4.69, 9.17) is 47.4 Å². The van der Waals surface area contributed by atoms with Gasteiger partial charge >= 0.3 is 5.97 Å². The lowest BCUT2D eigenvalue weighted by atomic mass is 9.59. The number of fused-ring (bicyclic) bond motifs is 3. The second-order valence-electron chi connectivity index (χ2n) is 18.1. The zero-order chi connectivity index (χ0) is 44.4. The molecule has 0 radical (unpaired) electrons. The zero-order valence-electron chi connectivity index (χ0n) is 36.6. The van der Waals surface area contributed by atoms with Crippen LogP contribution in [0.1, 0.15) is 92.8 Å². The van der Waals surface area contributed by atoms with Crippen molar-refractivity contribution >= 4 is 34.9 Å². The van der Waals surface area contributed by atoms with E-state index in [1.807, 2.05) is 72.9 Å². The number of rotatable bonds is 14. The lowest BCUT2D eigenvalue weighted by molar-refractivity contribution is -0.144. The van der Waals surface area contributed by atoms with Gasteiger partial charge in [-0.05, 0) is 164 Å². The van der Waals surface area contributed by atoms with Crippen LogP contribution in [0.3, 0.4) is 0 Å². The number of carbonyl (C=O) groups is 1. The molecule has 11 heteroatoms. The van der Waals surface area contributed by atoms with E-state index < -0.39 is 11.5 Å². The van der Waals surface area contributed by atoms with Gasteiger partial charge in [-0.2, -0.15) is 0 Å². The van der Waals surface area contributed by atoms with Crippen LogP contribution in [0, 0.1) is 11.8 Å². The normalized spacial score (nSPS) is 21.7. The number of hydrogen-bond acceptors (Lipinski definition) is 8. The molecule has 0 unspecified atom stereocenters. The summed E-state index contributed by atoms with van der Waals surface area (Å²) in [6.45, 7) is 5.40. The van der Waals surface area contributed by atoms with Crippen molar-refractivity contribution in [3.8, 4) is 39.8 Å². The predicted molar refractivity (Wildman–Crippen MR) is 253 cm³/mol. The van der Waals surface area contributed by atoms with Crippen LogP contribution >= 0.6 is 23.2 Å². The third kappa shape index (κ3) is 8.77. The Balaban J connectivity index is 0.987. The Morgan fingerprint density at radius 3 is 2.52 bits per heavy atom. The van der Waals surface area contributed by atoms with Gasteiger partial charge in [-0.25, -0.2) is 14.8 Å². The number of halogens is 2.